The monoisotopic (exact) mass is 356 g/mol. The molecule has 0 aliphatic carbocycles. The highest BCUT2D eigenvalue weighted by Gasteiger charge is 2.30. The number of carboxylic acids is 1. The number of H-pyrrole nitrogens is 1. The molecule has 0 saturated carbocycles. The van der Waals surface area contributed by atoms with Crippen molar-refractivity contribution in [2.24, 2.45) is 0 Å². The van der Waals surface area contributed by atoms with Crippen LogP contribution >= 0.6 is 11.8 Å². The van der Waals surface area contributed by atoms with Gasteiger partial charge in [0.2, 0.25) is 0 Å². The number of fused-ring (bicyclic) bond motifs is 1. The van der Waals surface area contributed by atoms with E-state index >= 15 is 0 Å². The molecule has 0 bridgehead atoms. The maximum atomic E-state index is 11.5. The predicted octanol–water partition coefficient (Wildman–Crippen LogP) is 3.65. The molecular weight excluding hydrogens is 336 g/mol. The van der Waals surface area contributed by atoms with Gasteiger partial charge < -0.3 is 15.0 Å². The molecule has 0 amide bonds. The molecular formula is C18H20N4O2S. The number of benzene rings is 1. The van der Waals surface area contributed by atoms with Crippen LogP contribution in [-0.2, 0) is 4.79 Å². The van der Waals surface area contributed by atoms with E-state index < -0.39 is 10.7 Å². The number of carbonyl (C=O) groups is 1. The molecule has 25 heavy (non-hydrogen) atoms. The van der Waals surface area contributed by atoms with Gasteiger partial charge in [-0.05, 0) is 37.6 Å². The Labute approximate surface area is 150 Å². The average Bonchev–Trinajstić information content (AvgIpc) is 3.02. The topological polar surface area (TPSA) is 82.1 Å². The summed E-state index contributed by atoms with van der Waals surface area (Å²) in [5.74, 6) is -0.879. The molecule has 130 valence electrons. The SMILES string of the molecule is CN(C)c1cc(-c2cncnc2SC(C)(C)C(=O)O)c2cc[nH]c2c1. The number of hydrogen-bond donors (Lipinski definition) is 2. The molecule has 0 atom stereocenters. The van der Waals surface area contributed by atoms with Gasteiger partial charge >= 0.3 is 5.97 Å². The van der Waals surface area contributed by atoms with Crippen LogP contribution < -0.4 is 4.90 Å². The Bertz CT molecular complexity index is 934. The van der Waals surface area contributed by atoms with Gasteiger partial charge in [0.1, 0.15) is 16.1 Å². The molecule has 0 saturated heterocycles. The van der Waals surface area contributed by atoms with Crippen LogP contribution in [0.3, 0.4) is 0 Å². The second-order valence-electron chi connectivity index (χ2n) is 6.49. The Morgan fingerprint density at radius 2 is 2.04 bits per heavy atom. The zero-order valence-electron chi connectivity index (χ0n) is 14.6. The van der Waals surface area contributed by atoms with Crippen molar-refractivity contribution in [2.75, 3.05) is 19.0 Å². The summed E-state index contributed by atoms with van der Waals surface area (Å²) in [6, 6.07) is 6.16. The molecule has 0 unspecified atom stereocenters. The first-order valence-corrected chi connectivity index (χ1v) is 8.62. The lowest BCUT2D eigenvalue weighted by Crippen LogP contribution is -2.27. The van der Waals surface area contributed by atoms with Crippen molar-refractivity contribution >= 4 is 34.3 Å². The van der Waals surface area contributed by atoms with Crippen LogP contribution in [0.1, 0.15) is 13.8 Å². The van der Waals surface area contributed by atoms with Crippen molar-refractivity contribution in [1.29, 1.82) is 0 Å². The molecule has 0 aliphatic rings. The van der Waals surface area contributed by atoms with Gasteiger partial charge in [0.15, 0.2) is 0 Å². The molecule has 2 heterocycles. The minimum atomic E-state index is -0.987. The van der Waals surface area contributed by atoms with Crippen LogP contribution in [0, 0.1) is 0 Å². The van der Waals surface area contributed by atoms with Crippen molar-refractivity contribution in [2.45, 2.75) is 23.6 Å². The van der Waals surface area contributed by atoms with E-state index in [2.05, 4.69) is 27.1 Å². The summed E-state index contributed by atoms with van der Waals surface area (Å²) in [5.41, 5.74) is 3.86. The first kappa shape index (κ1) is 17.3. The van der Waals surface area contributed by atoms with Gasteiger partial charge in [-0.15, -0.1) is 0 Å². The molecule has 6 nitrogen and oxygen atoms in total. The number of hydrogen-bond acceptors (Lipinski definition) is 5. The first-order chi connectivity index (χ1) is 11.8. The Hall–Kier alpha value is -2.54. The van der Waals surface area contributed by atoms with Gasteiger partial charge in [0, 0.05) is 48.6 Å². The molecule has 0 spiro atoms. The van der Waals surface area contributed by atoms with E-state index in [-0.39, 0.29) is 0 Å². The van der Waals surface area contributed by atoms with Crippen LogP contribution in [0.25, 0.3) is 22.0 Å². The van der Waals surface area contributed by atoms with E-state index in [9.17, 15) is 9.90 Å². The van der Waals surface area contributed by atoms with Gasteiger partial charge in [-0.3, -0.25) is 4.79 Å². The fraction of sp³-hybridized carbons (Fsp3) is 0.278. The molecule has 0 aliphatic heterocycles. The second-order valence-corrected chi connectivity index (χ2v) is 8.10. The van der Waals surface area contributed by atoms with Crippen LogP contribution in [0.15, 0.2) is 41.9 Å². The average molecular weight is 356 g/mol. The molecule has 2 N–H and O–H groups in total. The van der Waals surface area contributed by atoms with Crippen molar-refractivity contribution in [3.05, 3.63) is 36.9 Å². The van der Waals surface area contributed by atoms with Crippen molar-refractivity contribution < 1.29 is 9.90 Å². The van der Waals surface area contributed by atoms with Crippen molar-refractivity contribution in [3.8, 4) is 11.1 Å². The van der Waals surface area contributed by atoms with E-state index in [1.54, 1.807) is 20.0 Å². The fourth-order valence-electron chi connectivity index (χ4n) is 2.50. The van der Waals surface area contributed by atoms with E-state index in [4.69, 9.17) is 0 Å². The normalized spacial score (nSPS) is 11.7. The lowest BCUT2D eigenvalue weighted by molar-refractivity contribution is -0.138. The van der Waals surface area contributed by atoms with Crippen molar-refractivity contribution in [3.63, 3.8) is 0 Å². The summed E-state index contributed by atoms with van der Waals surface area (Å²) in [4.78, 5) is 25.3. The van der Waals surface area contributed by atoms with Crippen LogP contribution in [0.2, 0.25) is 0 Å². The Kier molecular flexibility index (Phi) is 4.43. The first-order valence-electron chi connectivity index (χ1n) is 7.81. The lowest BCUT2D eigenvalue weighted by atomic mass is 10.0. The number of carboxylic acid groups (broad SMARTS) is 1. The zero-order chi connectivity index (χ0) is 18.2. The Balaban J connectivity index is 2.19. The van der Waals surface area contributed by atoms with Crippen LogP contribution in [0.4, 0.5) is 5.69 Å². The quantitative estimate of drug-likeness (QED) is 0.536. The van der Waals surface area contributed by atoms with Gasteiger partial charge in [0.05, 0.1) is 0 Å². The van der Waals surface area contributed by atoms with Crippen LogP contribution in [-0.4, -0.2) is 44.9 Å². The molecule has 1 aromatic carbocycles. The summed E-state index contributed by atoms with van der Waals surface area (Å²) in [6.45, 7) is 3.35. The Morgan fingerprint density at radius 1 is 1.28 bits per heavy atom. The molecule has 7 heteroatoms. The van der Waals surface area contributed by atoms with E-state index in [1.165, 1.54) is 18.1 Å². The van der Waals surface area contributed by atoms with Crippen molar-refractivity contribution in [1.82, 2.24) is 15.0 Å². The zero-order valence-corrected chi connectivity index (χ0v) is 15.4. The largest absolute Gasteiger partial charge is 0.480 e. The molecule has 2 aromatic heterocycles. The third-order valence-electron chi connectivity index (χ3n) is 4.00. The Morgan fingerprint density at radius 3 is 2.72 bits per heavy atom. The smallest absolute Gasteiger partial charge is 0.319 e. The van der Waals surface area contributed by atoms with E-state index in [0.717, 1.165) is 27.7 Å². The van der Waals surface area contributed by atoms with Gasteiger partial charge in [-0.1, -0.05) is 11.8 Å². The number of aromatic nitrogens is 3. The van der Waals surface area contributed by atoms with Gasteiger partial charge in [-0.25, -0.2) is 9.97 Å². The molecule has 3 aromatic rings. The fourth-order valence-corrected chi connectivity index (χ4v) is 3.45. The number of rotatable bonds is 5. The number of anilines is 1. The molecule has 0 fully saturated rings. The summed E-state index contributed by atoms with van der Waals surface area (Å²) in [6.07, 6.45) is 5.09. The third-order valence-corrected chi connectivity index (χ3v) is 5.21. The number of nitrogens with zero attached hydrogens (tertiary/aromatic N) is 3. The number of aromatic amines is 1. The highest BCUT2D eigenvalue weighted by atomic mass is 32.2. The van der Waals surface area contributed by atoms with Gasteiger partial charge in [-0.2, -0.15) is 0 Å². The highest BCUT2D eigenvalue weighted by molar-refractivity contribution is 8.01. The minimum Gasteiger partial charge on any atom is -0.480 e. The van der Waals surface area contributed by atoms with Crippen LogP contribution in [0.5, 0.6) is 0 Å². The third kappa shape index (κ3) is 3.32. The maximum Gasteiger partial charge on any atom is 0.319 e. The summed E-state index contributed by atoms with van der Waals surface area (Å²) < 4.78 is -0.987. The van der Waals surface area contributed by atoms with E-state index in [0.29, 0.717) is 5.03 Å². The minimum absolute atomic E-state index is 0.654. The van der Waals surface area contributed by atoms with E-state index in [1.807, 2.05) is 31.3 Å². The summed E-state index contributed by atoms with van der Waals surface area (Å²) in [5, 5.41) is 11.1. The summed E-state index contributed by atoms with van der Waals surface area (Å²) in [7, 11) is 3.97. The number of thioether (sulfide) groups is 1. The predicted molar refractivity (Wildman–Crippen MR) is 101 cm³/mol. The van der Waals surface area contributed by atoms with Gasteiger partial charge in [0.25, 0.3) is 0 Å². The number of nitrogens with one attached hydrogen (secondary N) is 1. The summed E-state index contributed by atoms with van der Waals surface area (Å²) >= 11 is 1.23. The lowest BCUT2D eigenvalue weighted by Gasteiger charge is -2.20. The second kappa shape index (κ2) is 6.40. The highest BCUT2D eigenvalue weighted by Crippen LogP contribution is 2.40. The standard InChI is InChI=1S/C18H20N4O2S/c1-18(2,17(23)24)25-16-14(9-19-10-21-16)13-7-11(22(3)4)8-15-12(13)5-6-20-15/h5-10,20H,1-4H3,(H,23,24). The molecule has 0 radical (unpaired) electrons. The maximum absolute atomic E-state index is 11.5. The molecule has 3 rings (SSSR count). The number of aliphatic carboxylic acids is 1.